The molecule has 0 spiro atoms. The number of ether oxygens (including phenoxy) is 1. The summed E-state index contributed by atoms with van der Waals surface area (Å²) >= 11 is 0. The molecular formula is C22H29NO2. The molecule has 1 aliphatic heterocycles. The molecule has 2 aromatic rings. The van der Waals surface area contributed by atoms with Gasteiger partial charge in [0.1, 0.15) is 0 Å². The minimum Gasteiger partial charge on any atom is -0.388 e. The summed E-state index contributed by atoms with van der Waals surface area (Å²) in [7, 11) is 0. The number of aliphatic hydroxyl groups is 1. The van der Waals surface area contributed by atoms with E-state index in [0.29, 0.717) is 25.8 Å². The lowest BCUT2D eigenvalue weighted by Crippen LogP contribution is -2.48. The zero-order valence-electron chi connectivity index (χ0n) is 14.9. The molecule has 0 amide bonds. The first-order valence-electron chi connectivity index (χ1n) is 9.35. The molecule has 25 heavy (non-hydrogen) atoms. The fraction of sp³-hybridized carbons (Fsp3) is 0.455. The van der Waals surface area contributed by atoms with Crippen LogP contribution in [0.5, 0.6) is 0 Å². The molecule has 1 saturated heterocycles. The van der Waals surface area contributed by atoms with Gasteiger partial charge in [-0.1, -0.05) is 60.7 Å². The first-order valence-corrected chi connectivity index (χ1v) is 9.35. The van der Waals surface area contributed by atoms with E-state index in [4.69, 9.17) is 4.74 Å². The van der Waals surface area contributed by atoms with Gasteiger partial charge in [0.2, 0.25) is 0 Å². The molecule has 0 radical (unpaired) electrons. The summed E-state index contributed by atoms with van der Waals surface area (Å²) in [6.45, 7) is 1.96. The van der Waals surface area contributed by atoms with E-state index in [0.717, 1.165) is 32.1 Å². The van der Waals surface area contributed by atoms with E-state index >= 15 is 0 Å². The summed E-state index contributed by atoms with van der Waals surface area (Å²) in [5.41, 5.74) is 2.08. The molecule has 1 fully saturated rings. The first kappa shape index (κ1) is 18.1. The summed E-state index contributed by atoms with van der Waals surface area (Å²) in [6, 6.07) is 21.6. The van der Waals surface area contributed by atoms with Crippen LogP contribution in [0.25, 0.3) is 0 Å². The average Bonchev–Trinajstić information content (AvgIpc) is 2.66. The molecule has 1 aliphatic rings. The second-order valence-corrected chi connectivity index (χ2v) is 7.13. The SMILES string of the molecule is OC1(CNC(CCc2ccccc2)Cc2ccccc2)CCOCC1. The molecule has 0 aliphatic carbocycles. The van der Waals surface area contributed by atoms with Gasteiger partial charge in [-0.2, -0.15) is 0 Å². The Morgan fingerprint density at radius 2 is 1.52 bits per heavy atom. The van der Waals surface area contributed by atoms with Gasteiger partial charge in [-0.05, 0) is 30.4 Å². The van der Waals surface area contributed by atoms with Crippen molar-refractivity contribution in [1.82, 2.24) is 5.32 Å². The number of rotatable bonds is 8. The Bertz CT molecular complexity index is 608. The molecule has 2 N–H and O–H groups in total. The highest BCUT2D eigenvalue weighted by Crippen LogP contribution is 2.20. The quantitative estimate of drug-likeness (QED) is 0.775. The van der Waals surface area contributed by atoms with Gasteiger partial charge in [0.15, 0.2) is 0 Å². The predicted octanol–water partition coefficient (Wildman–Crippen LogP) is 3.36. The van der Waals surface area contributed by atoms with E-state index in [1.807, 2.05) is 0 Å². The normalized spacial score (nSPS) is 18.0. The molecular weight excluding hydrogens is 310 g/mol. The van der Waals surface area contributed by atoms with Gasteiger partial charge in [-0.15, -0.1) is 0 Å². The van der Waals surface area contributed by atoms with Crippen molar-refractivity contribution in [3.05, 3.63) is 71.8 Å². The van der Waals surface area contributed by atoms with Crippen LogP contribution in [0.3, 0.4) is 0 Å². The van der Waals surface area contributed by atoms with Crippen LogP contribution in [0.1, 0.15) is 30.4 Å². The zero-order chi connectivity index (χ0) is 17.4. The lowest BCUT2D eigenvalue weighted by molar-refractivity contribution is -0.0628. The van der Waals surface area contributed by atoms with Crippen molar-refractivity contribution in [2.24, 2.45) is 0 Å². The third-order valence-electron chi connectivity index (χ3n) is 5.09. The fourth-order valence-corrected chi connectivity index (χ4v) is 3.42. The minimum atomic E-state index is -0.625. The van der Waals surface area contributed by atoms with Crippen LogP contribution < -0.4 is 5.32 Å². The van der Waals surface area contributed by atoms with Crippen molar-refractivity contribution in [2.75, 3.05) is 19.8 Å². The van der Waals surface area contributed by atoms with Crippen molar-refractivity contribution >= 4 is 0 Å². The molecule has 1 unspecified atom stereocenters. The van der Waals surface area contributed by atoms with Gasteiger partial charge in [0.05, 0.1) is 5.60 Å². The van der Waals surface area contributed by atoms with Crippen LogP contribution in [-0.2, 0) is 17.6 Å². The molecule has 0 aromatic heterocycles. The third-order valence-corrected chi connectivity index (χ3v) is 5.09. The molecule has 0 bridgehead atoms. The molecule has 134 valence electrons. The van der Waals surface area contributed by atoms with Crippen LogP contribution in [0.2, 0.25) is 0 Å². The Labute approximate surface area is 151 Å². The maximum Gasteiger partial charge on any atom is 0.0815 e. The van der Waals surface area contributed by atoms with Crippen LogP contribution in [0.4, 0.5) is 0 Å². The summed E-state index contributed by atoms with van der Waals surface area (Å²) in [5, 5.41) is 14.4. The Kier molecular flexibility index (Phi) is 6.62. The van der Waals surface area contributed by atoms with Gasteiger partial charge in [0.25, 0.3) is 0 Å². The van der Waals surface area contributed by atoms with Crippen LogP contribution in [0, 0.1) is 0 Å². The van der Waals surface area contributed by atoms with Crippen molar-refractivity contribution < 1.29 is 9.84 Å². The number of nitrogens with one attached hydrogen (secondary N) is 1. The molecule has 3 rings (SSSR count). The lowest BCUT2D eigenvalue weighted by atomic mass is 9.92. The van der Waals surface area contributed by atoms with Gasteiger partial charge < -0.3 is 15.2 Å². The fourth-order valence-electron chi connectivity index (χ4n) is 3.42. The van der Waals surface area contributed by atoms with E-state index in [-0.39, 0.29) is 0 Å². The highest BCUT2D eigenvalue weighted by atomic mass is 16.5. The van der Waals surface area contributed by atoms with Crippen molar-refractivity contribution in [2.45, 2.75) is 43.7 Å². The van der Waals surface area contributed by atoms with E-state index in [1.54, 1.807) is 0 Å². The third kappa shape index (κ3) is 5.96. The maximum atomic E-state index is 10.7. The predicted molar refractivity (Wildman–Crippen MR) is 102 cm³/mol. The number of benzene rings is 2. The Balaban J connectivity index is 1.59. The Hall–Kier alpha value is -1.68. The van der Waals surface area contributed by atoms with Crippen LogP contribution in [0.15, 0.2) is 60.7 Å². The smallest absolute Gasteiger partial charge is 0.0815 e. The summed E-state index contributed by atoms with van der Waals surface area (Å²) in [6.07, 6.45) is 4.53. The number of hydrogen-bond acceptors (Lipinski definition) is 3. The largest absolute Gasteiger partial charge is 0.388 e. The van der Waals surface area contributed by atoms with Crippen LogP contribution >= 0.6 is 0 Å². The van der Waals surface area contributed by atoms with Crippen molar-refractivity contribution in [3.63, 3.8) is 0 Å². The number of hydrogen-bond donors (Lipinski definition) is 2. The summed E-state index contributed by atoms with van der Waals surface area (Å²) in [4.78, 5) is 0. The standard InChI is InChI=1S/C22H29NO2/c24-22(13-15-25-16-14-22)18-23-21(17-20-9-5-2-6-10-20)12-11-19-7-3-1-4-8-19/h1-10,21,23-24H,11-18H2. The lowest BCUT2D eigenvalue weighted by Gasteiger charge is -2.34. The molecule has 1 atom stereocenters. The zero-order valence-corrected chi connectivity index (χ0v) is 14.9. The molecule has 0 saturated carbocycles. The summed E-state index contributed by atoms with van der Waals surface area (Å²) < 4.78 is 5.38. The minimum absolute atomic E-state index is 0.356. The van der Waals surface area contributed by atoms with Crippen molar-refractivity contribution in [1.29, 1.82) is 0 Å². The monoisotopic (exact) mass is 339 g/mol. The van der Waals surface area contributed by atoms with E-state index in [9.17, 15) is 5.11 Å². The van der Waals surface area contributed by atoms with Gasteiger partial charge in [-0.3, -0.25) is 0 Å². The van der Waals surface area contributed by atoms with Crippen LogP contribution in [-0.4, -0.2) is 36.5 Å². The molecule has 3 nitrogen and oxygen atoms in total. The second-order valence-electron chi connectivity index (χ2n) is 7.13. The van der Waals surface area contributed by atoms with E-state index in [1.165, 1.54) is 11.1 Å². The highest BCUT2D eigenvalue weighted by molar-refractivity contribution is 5.17. The topological polar surface area (TPSA) is 41.5 Å². The molecule has 3 heteroatoms. The molecule has 2 aromatic carbocycles. The average molecular weight is 339 g/mol. The number of aryl methyl sites for hydroxylation is 1. The van der Waals surface area contributed by atoms with E-state index in [2.05, 4.69) is 66.0 Å². The molecule has 1 heterocycles. The first-order chi connectivity index (χ1) is 12.2. The Morgan fingerprint density at radius 3 is 2.16 bits per heavy atom. The van der Waals surface area contributed by atoms with Gasteiger partial charge in [0, 0.05) is 38.6 Å². The van der Waals surface area contributed by atoms with E-state index < -0.39 is 5.60 Å². The summed E-state index contributed by atoms with van der Waals surface area (Å²) in [5.74, 6) is 0. The second kappa shape index (κ2) is 9.14. The van der Waals surface area contributed by atoms with Crippen molar-refractivity contribution in [3.8, 4) is 0 Å². The van der Waals surface area contributed by atoms with Gasteiger partial charge in [-0.25, -0.2) is 0 Å². The highest BCUT2D eigenvalue weighted by Gasteiger charge is 2.30. The Morgan fingerprint density at radius 1 is 0.920 bits per heavy atom. The van der Waals surface area contributed by atoms with Gasteiger partial charge >= 0.3 is 0 Å². The maximum absolute atomic E-state index is 10.7.